The van der Waals surface area contributed by atoms with Crippen molar-refractivity contribution < 1.29 is 9.13 Å². The number of rotatable bonds is 4. The molecule has 3 N–H and O–H groups in total. The van der Waals surface area contributed by atoms with E-state index >= 15 is 0 Å². The maximum absolute atomic E-state index is 13.2. The van der Waals surface area contributed by atoms with Gasteiger partial charge in [-0.2, -0.15) is 0 Å². The van der Waals surface area contributed by atoms with Gasteiger partial charge in [-0.25, -0.2) is 4.39 Å². The molecule has 2 rings (SSSR count). The van der Waals surface area contributed by atoms with Crippen LogP contribution in [0.5, 0.6) is 0 Å². The van der Waals surface area contributed by atoms with E-state index in [-0.39, 0.29) is 11.9 Å². The third-order valence-electron chi connectivity index (χ3n) is 3.38. The fourth-order valence-electron chi connectivity index (χ4n) is 2.29. The molecule has 1 aliphatic rings. The van der Waals surface area contributed by atoms with Crippen LogP contribution in [0.4, 0.5) is 4.39 Å². The second kappa shape index (κ2) is 5.58. The lowest BCUT2D eigenvalue weighted by molar-refractivity contribution is 0.181. The number of hydrazine groups is 1. The third kappa shape index (κ3) is 3.03. The van der Waals surface area contributed by atoms with Crippen LogP contribution in [0.25, 0.3) is 0 Å². The highest BCUT2D eigenvalue weighted by Crippen LogP contribution is 2.26. The van der Waals surface area contributed by atoms with Gasteiger partial charge in [0.05, 0.1) is 0 Å². The van der Waals surface area contributed by atoms with Gasteiger partial charge in [0.25, 0.3) is 0 Å². The van der Waals surface area contributed by atoms with Gasteiger partial charge in [-0.05, 0) is 42.9 Å². The first-order chi connectivity index (χ1) is 8.20. The van der Waals surface area contributed by atoms with Crippen molar-refractivity contribution in [3.05, 3.63) is 35.1 Å². The van der Waals surface area contributed by atoms with E-state index in [2.05, 4.69) is 5.43 Å². The van der Waals surface area contributed by atoms with Crippen LogP contribution in [0, 0.1) is 18.7 Å². The van der Waals surface area contributed by atoms with Gasteiger partial charge in [-0.3, -0.25) is 11.3 Å². The number of hydrogen-bond donors (Lipinski definition) is 2. The SMILES string of the molecule is Cc1cc(C(CC2CCOC2)NN)ccc1F. The lowest BCUT2D eigenvalue weighted by Gasteiger charge is -2.20. The molecule has 3 nitrogen and oxygen atoms in total. The number of benzene rings is 1. The summed E-state index contributed by atoms with van der Waals surface area (Å²) < 4.78 is 18.6. The topological polar surface area (TPSA) is 47.3 Å². The number of aryl methyl sites for hydroxylation is 1. The normalized spacial score (nSPS) is 21.7. The molecule has 1 fully saturated rings. The van der Waals surface area contributed by atoms with Crippen molar-refractivity contribution in [2.45, 2.75) is 25.8 Å². The Kier molecular flexibility index (Phi) is 4.10. The van der Waals surface area contributed by atoms with Crippen LogP contribution >= 0.6 is 0 Å². The molecule has 0 aromatic heterocycles. The lowest BCUT2D eigenvalue weighted by Crippen LogP contribution is -2.30. The summed E-state index contributed by atoms with van der Waals surface area (Å²) in [6.07, 6.45) is 2.01. The second-order valence-electron chi connectivity index (χ2n) is 4.69. The van der Waals surface area contributed by atoms with Gasteiger partial charge in [-0.15, -0.1) is 0 Å². The summed E-state index contributed by atoms with van der Waals surface area (Å²) >= 11 is 0. The summed E-state index contributed by atoms with van der Waals surface area (Å²) in [6, 6.07) is 5.22. The Hall–Kier alpha value is -0.970. The molecule has 0 spiro atoms. The van der Waals surface area contributed by atoms with Crippen molar-refractivity contribution in [3.63, 3.8) is 0 Å². The lowest BCUT2D eigenvalue weighted by atomic mass is 9.94. The highest BCUT2D eigenvalue weighted by molar-refractivity contribution is 5.26. The number of halogens is 1. The van der Waals surface area contributed by atoms with E-state index in [9.17, 15) is 4.39 Å². The van der Waals surface area contributed by atoms with E-state index in [0.717, 1.165) is 31.6 Å². The molecule has 2 atom stereocenters. The quantitative estimate of drug-likeness (QED) is 0.623. The minimum Gasteiger partial charge on any atom is -0.381 e. The molecule has 1 aromatic rings. The van der Waals surface area contributed by atoms with Gasteiger partial charge in [0.2, 0.25) is 0 Å². The van der Waals surface area contributed by atoms with E-state index < -0.39 is 0 Å². The molecule has 1 heterocycles. The Labute approximate surface area is 101 Å². The highest BCUT2D eigenvalue weighted by Gasteiger charge is 2.21. The van der Waals surface area contributed by atoms with E-state index in [1.807, 2.05) is 6.07 Å². The first-order valence-electron chi connectivity index (χ1n) is 6.00. The first kappa shape index (κ1) is 12.5. The van der Waals surface area contributed by atoms with Crippen LogP contribution in [0.3, 0.4) is 0 Å². The standard InChI is InChI=1S/C13H19FN2O/c1-9-6-11(2-3-12(9)14)13(16-15)7-10-4-5-17-8-10/h2-3,6,10,13,16H,4-5,7-8,15H2,1H3. The summed E-state index contributed by atoms with van der Waals surface area (Å²) in [6.45, 7) is 3.41. The molecule has 94 valence electrons. The van der Waals surface area contributed by atoms with Crippen molar-refractivity contribution in [3.8, 4) is 0 Å². The minimum absolute atomic E-state index is 0.0704. The molecule has 1 aromatic carbocycles. The number of ether oxygens (including phenoxy) is 1. The van der Waals surface area contributed by atoms with E-state index in [0.29, 0.717) is 11.5 Å². The zero-order valence-corrected chi connectivity index (χ0v) is 10.1. The molecule has 0 saturated carbocycles. The molecule has 0 radical (unpaired) electrons. The van der Waals surface area contributed by atoms with E-state index in [1.54, 1.807) is 13.0 Å². The van der Waals surface area contributed by atoms with Crippen molar-refractivity contribution in [1.82, 2.24) is 5.43 Å². The van der Waals surface area contributed by atoms with Gasteiger partial charge in [-0.1, -0.05) is 12.1 Å². The predicted molar refractivity (Wildman–Crippen MR) is 64.7 cm³/mol. The molecular formula is C13H19FN2O. The summed E-state index contributed by atoms with van der Waals surface area (Å²) in [5.74, 6) is 5.96. The van der Waals surface area contributed by atoms with E-state index in [1.165, 1.54) is 6.07 Å². The third-order valence-corrected chi connectivity index (χ3v) is 3.38. The van der Waals surface area contributed by atoms with E-state index in [4.69, 9.17) is 10.6 Å². The number of hydrogen-bond acceptors (Lipinski definition) is 3. The fraction of sp³-hybridized carbons (Fsp3) is 0.538. The van der Waals surface area contributed by atoms with Crippen LogP contribution in [0.1, 0.15) is 30.0 Å². The van der Waals surface area contributed by atoms with Crippen molar-refractivity contribution in [2.24, 2.45) is 11.8 Å². The van der Waals surface area contributed by atoms with Gasteiger partial charge in [0.15, 0.2) is 0 Å². The largest absolute Gasteiger partial charge is 0.381 e. The Bertz CT molecular complexity index is 378. The van der Waals surface area contributed by atoms with Crippen LogP contribution in [0.2, 0.25) is 0 Å². The molecule has 0 amide bonds. The molecule has 4 heteroatoms. The minimum atomic E-state index is -0.172. The number of nitrogens with two attached hydrogens (primary N) is 1. The molecule has 1 aliphatic heterocycles. The molecule has 1 saturated heterocycles. The van der Waals surface area contributed by atoms with Crippen LogP contribution in [-0.4, -0.2) is 13.2 Å². The monoisotopic (exact) mass is 238 g/mol. The smallest absolute Gasteiger partial charge is 0.126 e. The van der Waals surface area contributed by atoms with Crippen molar-refractivity contribution in [2.75, 3.05) is 13.2 Å². The van der Waals surface area contributed by atoms with Crippen LogP contribution in [-0.2, 0) is 4.74 Å². The molecule has 0 bridgehead atoms. The fourth-order valence-corrected chi connectivity index (χ4v) is 2.29. The Morgan fingerprint density at radius 1 is 1.59 bits per heavy atom. The molecule has 2 unspecified atom stereocenters. The zero-order valence-electron chi connectivity index (χ0n) is 10.1. The van der Waals surface area contributed by atoms with Crippen LogP contribution in [0.15, 0.2) is 18.2 Å². The van der Waals surface area contributed by atoms with Gasteiger partial charge in [0.1, 0.15) is 5.82 Å². The van der Waals surface area contributed by atoms with Crippen LogP contribution < -0.4 is 11.3 Å². The number of nitrogens with one attached hydrogen (secondary N) is 1. The van der Waals surface area contributed by atoms with Crippen molar-refractivity contribution in [1.29, 1.82) is 0 Å². The zero-order chi connectivity index (χ0) is 12.3. The Balaban J connectivity index is 2.08. The Morgan fingerprint density at radius 2 is 2.41 bits per heavy atom. The highest BCUT2D eigenvalue weighted by atomic mass is 19.1. The summed E-state index contributed by atoms with van der Waals surface area (Å²) in [5, 5.41) is 0. The average Bonchev–Trinajstić information content (AvgIpc) is 2.82. The van der Waals surface area contributed by atoms with Gasteiger partial charge < -0.3 is 4.74 Å². The second-order valence-corrected chi connectivity index (χ2v) is 4.69. The average molecular weight is 238 g/mol. The van der Waals surface area contributed by atoms with Crippen molar-refractivity contribution >= 4 is 0 Å². The molecule has 17 heavy (non-hydrogen) atoms. The predicted octanol–water partition coefficient (Wildman–Crippen LogP) is 2.07. The molecule has 0 aliphatic carbocycles. The summed E-state index contributed by atoms with van der Waals surface area (Å²) in [7, 11) is 0. The van der Waals surface area contributed by atoms with Gasteiger partial charge in [0, 0.05) is 19.3 Å². The summed E-state index contributed by atoms with van der Waals surface area (Å²) in [4.78, 5) is 0. The Morgan fingerprint density at radius 3 is 3.00 bits per heavy atom. The maximum atomic E-state index is 13.2. The molecular weight excluding hydrogens is 219 g/mol. The summed E-state index contributed by atoms with van der Waals surface area (Å²) in [5.41, 5.74) is 4.51. The first-order valence-corrected chi connectivity index (χ1v) is 6.00. The van der Waals surface area contributed by atoms with Gasteiger partial charge >= 0.3 is 0 Å². The maximum Gasteiger partial charge on any atom is 0.126 e.